The van der Waals surface area contributed by atoms with Crippen LogP contribution in [0.25, 0.3) is 0 Å². The van der Waals surface area contributed by atoms with Gasteiger partial charge in [-0.05, 0) is 44.7 Å². The SMILES string of the molecule is CNC1(c2ccccc2)CCC2(CC1)CN(c1ncc(C#N)cn1)C(O)N2CCCOC. The molecule has 1 saturated carbocycles. The highest BCUT2D eigenvalue weighted by atomic mass is 16.5. The number of hydrogen-bond acceptors (Lipinski definition) is 8. The third-order valence-electron chi connectivity index (χ3n) is 7.24. The van der Waals surface area contributed by atoms with E-state index in [-0.39, 0.29) is 11.1 Å². The largest absolute Gasteiger partial charge is 0.385 e. The average molecular weight is 437 g/mol. The second kappa shape index (κ2) is 9.51. The number of hydrogen-bond donors (Lipinski definition) is 2. The first kappa shape index (κ1) is 22.6. The number of anilines is 1. The molecule has 2 heterocycles. The van der Waals surface area contributed by atoms with E-state index in [2.05, 4.69) is 50.5 Å². The summed E-state index contributed by atoms with van der Waals surface area (Å²) in [5.41, 5.74) is 1.50. The van der Waals surface area contributed by atoms with E-state index >= 15 is 0 Å². The molecule has 2 aromatic rings. The van der Waals surface area contributed by atoms with E-state index < -0.39 is 6.35 Å². The number of aliphatic hydroxyl groups excluding tert-OH is 1. The van der Waals surface area contributed by atoms with Crippen LogP contribution in [0.5, 0.6) is 0 Å². The average Bonchev–Trinajstić information content (AvgIpc) is 3.12. The van der Waals surface area contributed by atoms with Crippen molar-refractivity contribution >= 4 is 5.95 Å². The van der Waals surface area contributed by atoms with Gasteiger partial charge in [-0.25, -0.2) is 9.97 Å². The lowest BCUT2D eigenvalue weighted by Gasteiger charge is -2.48. The lowest BCUT2D eigenvalue weighted by molar-refractivity contribution is -0.0445. The molecule has 32 heavy (non-hydrogen) atoms. The van der Waals surface area contributed by atoms with Crippen LogP contribution in [0.2, 0.25) is 0 Å². The van der Waals surface area contributed by atoms with Crippen LogP contribution in [0.3, 0.4) is 0 Å². The predicted octanol–water partition coefficient (Wildman–Crippen LogP) is 2.21. The molecule has 0 bridgehead atoms. The molecule has 2 N–H and O–H groups in total. The van der Waals surface area contributed by atoms with Gasteiger partial charge in [-0.3, -0.25) is 4.90 Å². The summed E-state index contributed by atoms with van der Waals surface area (Å²) >= 11 is 0. The second-order valence-electron chi connectivity index (χ2n) is 8.82. The lowest BCUT2D eigenvalue weighted by atomic mass is 9.69. The van der Waals surface area contributed by atoms with Gasteiger partial charge < -0.3 is 20.1 Å². The van der Waals surface area contributed by atoms with Crippen molar-refractivity contribution in [2.45, 2.75) is 49.5 Å². The van der Waals surface area contributed by atoms with E-state index in [4.69, 9.17) is 10.00 Å². The molecule has 1 aromatic heterocycles. The summed E-state index contributed by atoms with van der Waals surface area (Å²) in [6.45, 7) is 2.04. The molecule has 8 nitrogen and oxygen atoms in total. The quantitative estimate of drug-likeness (QED) is 0.638. The zero-order valence-corrected chi connectivity index (χ0v) is 18.9. The summed E-state index contributed by atoms with van der Waals surface area (Å²) < 4.78 is 5.27. The van der Waals surface area contributed by atoms with Crippen LogP contribution in [0, 0.1) is 11.3 Å². The molecule has 1 aliphatic carbocycles. The first-order valence-corrected chi connectivity index (χ1v) is 11.2. The molecule has 1 aliphatic heterocycles. The zero-order valence-electron chi connectivity index (χ0n) is 18.9. The summed E-state index contributed by atoms with van der Waals surface area (Å²) in [6, 6.07) is 12.7. The molecule has 0 radical (unpaired) electrons. The highest BCUT2D eigenvalue weighted by Gasteiger charge is 2.54. The van der Waals surface area contributed by atoms with Crippen molar-refractivity contribution in [2.24, 2.45) is 0 Å². The Labute approximate surface area is 189 Å². The predicted molar refractivity (Wildman–Crippen MR) is 122 cm³/mol. The van der Waals surface area contributed by atoms with Gasteiger partial charge in [0.25, 0.3) is 0 Å². The molecule has 1 atom stereocenters. The van der Waals surface area contributed by atoms with Gasteiger partial charge in [-0.1, -0.05) is 30.3 Å². The van der Waals surface area contributed by atoms with Crippen LogP contribution >= 0.6 is 0 Å². The second-order valence-corrected chi connectivity index (χ2v) is 8.82. The van der Waals surface area contributed by atoms with Crippen LogP contribution in [-0.2, 0) is 10.3 Å². The maximum absolute atomic E-state index is 11.3. The van der Waals surface area contributed by atoms with Crippen molar-refractivity contribution < 1.29 is 9.84 Å². The highest BCUT2D eigenvalue weighted by Crippen LogP contribution is 2.47. The Balaban J connectivity index is 1.59. The maximum Gasteiger partial charge on any atom is 0.228 e. The lowest BCUT2D eigenvalue weighted by Crippen LogP contribution is -2.56. The Kier molecular flexibility index (Phi) is 6.72. The van der Waals surface area contributed by atoms with Gasteiger partial charge in [0.05, 0.1) is 18.0 Å². The fraction of sp³-hybridized carbons (Fsp3) is 0.542. The van der Waals surface area contributed by atoms with Crippen LogP contribution in [0.15, 0.2) is 42.7 Å². The monoisotopic (exact) mass is 436 g/mol. The smallest absolute Gasteiger partial charge is 0.228 e. The van der Waals surface area contributed by atoms with Crippen molar-refractivity contribution in [3.05, 3.63) is 53.9 Å². The summed E-state index contributed by atoms with van der Waals surface area (Å²) in [4.78, 5) is 12.8. The van der Waals surface area contributed by atoms with E-state index in [0.717, 1.165) is 38.6 Å². The standard InChI is InChI=1S/C24H32N6O2/c1-26-24(20-7-4-3-5-8-20)11-9-23(10-12-24)18-29(21-27-16-19(15-25)17-28-21)22(31)30(23)13-6-14-32-2/h3-5,7-8,16-17,22,26,31H,6,9-14,18H2,1-2H3. The maximum atomic E-state index is 11.3. The molecular formula is C24H32N6O2. The molecule has 8 heteroatoms. The van der Waals surface area contributed by atoms with Gasteiger partial charge in [0.1, 0.15) is 6.07 Å². The summed E-state index contributed by atoms with van der Waals surface area (Å²) in [5, 5.41) is 24.0. The molecular weight excluding hydrogens is 404 g/mol. The van der Waals surface area contributed by atoms with E-state index in [1.165, 1.54) is 18.0 Å². The van der Waals surface area contributed by atoms with Gasteiger partial charge >= 0.3 is 0 Å². The first-order valence-electron chi connectivity index (χ1n) is 11.2. The highest BCUT2D eigenvalue weighted by molar-refractivity contribution is 5.38. The number of aliphatic hydroxyl groups is 1. The van der Waals surface area contributed by atoms with Gasteiger partial charge in [0.15, 0.2) is 6.35 Å². The summed E-state index contributed by atoms with van der Waals surface area (Å²) in [6.07, 6.45) is 6.90. The molecule has 2 fully saturated rings. The Morgan fingerprint density at radius 3 is 2.47 bits per heavy atom. The Bertz CT molecular complexity index is 922. The molecule has 1 unspecified atom stereocenters. The minimum atomic E-state index is -0.807. The third-order valence-corrected chi connectivity index (χ3v) is 7.24. The van der Waals surface area contributed by atoms with Crippen molar-refractivity contribution in [3.8, 4) is 6.07 Å². The van der Waals surface area contributed by atoms with Crippen LogP contribution < -0.4 is 10.2 Å². The van der Waals surface area contributed by atoms with Gasteiger partial charge in [0, 0.05) is 37.9 Å². The first-order chi connectivity index (χ1) is 15.6. The molecule has 170 valence electrons. The van der Waals surface area contributed by atoms with Gasteiger partial charge in [-0.15, -0.1) is 0 Å². The van der Waals surface area contributed by atoms with E-state index in [9.17, 15) is 5.11 Å². The van der Waals surface area contributed by atoms with Crippen molar-refractivity contribution in [1.29, 1.82) is 5.26 Å². The van der Waals surface area contributed by atoms with E-state index in [1.807, 2.05) is 18.0 Å². The van der Waals surface area contributed by atoms with Crippen molar-refractivity contribution in [2.75, 3.05) is 38.8 Å². The van der Waals surface area contributed by atoms with E-state index in [0.29, 0.717) is 24.7 Å². The minimum Gasteiger partial charge on any atom is -0.385 e. The number of nitriles is 1. The summed E-state index contributed by atoms with van der Waals surface area (Å²) in [5.74, 6) is 0.457. The third kappa shape index (κ3) is 4.09. The zero-order chi connectivity index (χ0) is 22.6. The fourth-order valence-corrected chi connectivity index (χ4v) is 5.36. The molecule has 1 spiro atoms. The number of methoxy groups -OCH3 is 1. The molecule has 1 aromatic carbocycles. The number of ether oxygens (including phenoxy) is 1. The van der Waals surface area contributed by atoms with Crippen LogP contribution in [-0.4, -0.2) is 65.7 Å². The number of rotatable bonds is 7. The number of nitrogens with zero attached hydrogens (tertiary/aromatic N) is 5. The molecule has 2 aliphatic rings. The molecule has 4 rings (SSSR count). The molecule has 0 amide bonds. The number of nitrogens with one attached hydrogen (secondary N) is 1. The van der Waals surface area contributed by atoms with E-state index in [1.54, 1.807) is 7.11 Å². The normalized spacial score (nSPS) is 28.2. The van der Waals surface area contributed by atoms with Crippen LogP contribution in [0.1, 0.15) is 43.2 Å². The Hall–Kier alpha value is -2.57. The number of aromatic nitrogens is 2. The van der Waals surface area contributed by atoms with Gasteiger partial charge in [0.2, 0.25) is 5.95 Å². The van der Waals surface area contributed by atoms with Crippen LogP contribution in [0.4, 0.5) is 5.95 Å². The van der Waals surface area contributed by atoms with Crippen molar-refractivity contribution in [3.63, 3.8) is 0 Å². The van der Waals surface area contributed by atoms with Gasteiger partial charge in [-0.2, -0.15) is 5.26 Å². The topological polar surface area (TPSA) is 97.5 Å². The number of benzene rings is 1. The minimum absolute atomic E-state index is 0.0615. The molecule has 1 saturated heterocycles. The Morgan fingerprint density at radius 1 is 1.19 bits per heavy atom. The fourth-order valence-electron chi connectivity index (χ4n) is 5.36. The van der Waals surface area contributed by atoms with Crippen molar-refractivity contribution in [1.82, 2.24) is 20.2 Å². The summed E-state index contributed by atoms with van der Waals surface area (Å²) in [7, 11) is 3.75. The Morgan fingerprint density at radius 2 is 1.88 bits per heavy atom.